The zero-order valence-corrected chi connectivity index (χ0v) is 7.79. The molecule has 1 heterocycles. The molecule has 0 unspecified atom stereocenters. The quantitative estimate of drug-likeness (QED) is 0.282. The molecule has 0 aromatic rings. The van der Waals surface area contributed by atoms with Gasteiger partial charge in [-0.15, -0.1) is 0 Å². The molecule has 0 N–H and O–H groups in total. The summed E-state index contributed by atoms with van der Waals surface area (Å²) in [6, 6.07) is 0. The second kappa shape index (κ2) is 4.80. The minimum Gasteiger partial charge on any atom is -0.391 e. The highest BCUT2D eigenvalue weighted by molar-refractivity contribution is 6.11. The molecule has 0 aliphatic carbocycles. The molecular formula is C10H14O3. The Balaban J connectivity index is 2.16. The normalized spacial score (nSPS) is 17.6. The molecular weight excluding hydrogens is 168 g/mol. The maximum atomic E-state index is 10.7. The van der Waals surface area contributed by atoms with E-state index in [1.165, 1.54) is 12.8 Å². The minimum absolute atomic E-state index is 0.420. The van der Waals surface area contributed by atoms with E-state index in [1.807, 2.05) is 6.08 Å². The molecule has 13 heavy (non-hydrogen) atoms. The van der Waals surface area contributed by atoms with Crippen LogP contribution in [0.3, 0.4) is 0 Å². The van der Waals surface area contributed by atoms with Gasteiger partial charge in [0, 0.05) is 0 Å². The van der Waals surface area contributed by atoms with Crippen LogP contribution in [0, 0.1) is 5.92 Å². The zero-order valence-electron chi connectivity index (χ0n) is 7.79. The third-order valence-electron chi connectivity index (χ3n) is 2.01. The topological polar surface area (TPSA) is 43.4 Å². The third-order valence-corrected chi connectivity index (χ3v) is 2.01. The predicted molar refractivity (Wildman–Crippen MR) is 47.9 cm³/mol. The summed E-state index contributed by atoms with van der Waals surface area (Å²) in [5.74, 6) is -1.45. The van der Waals surface area contributed by atoms with Crippen LogP contribution in [-0.4, -0.2) is 11.9 Å². The van der Waals surface area contributed by atoms with Crippen molar-refractivity contribution in [2.45, 2.75) is 32.6 Å². The lowest BCUT2D eigenvalue weighted by Crippen LogP contribution is -2.39. The molecule has 72 valence electrons. The van der Waals surface area contributed by atoms with Gasteiger partial charge < -0.3 is 4.74 Å². The molecule has 0 saturated carbocycles. The maximum absolute atomic E-state index is 10.7. The van der Waals surface area contributed by atoms with Crippen LogP contribution < -0.4 is 0 Å². The van der Waals surface area contributed by atoms with Gasteiger partial charge in [0.1, 0.15) is 0 Å². The average Bonchev–Trinajstić information content (AvgIpc) is 2.11. The molecule has 1 saturated heterocycles. The Labute approximate surface area is 77.8 Å². The van der Waals surface area contributed by atoms with Gasteiger partial charge in [0.05, 0.1) is 0 Å². The van der Waals surface area contributed by atoms with Gasteiger partial charge in [0.25, 0.3) is 0 Å². The van der Waals surface area contributed by atoms with Crippen molar-refractivity contribution in [1.82, 2.24) is 0 Å². The van der Waals surface area contributed by atoms with Gasteiger partial charge in [-0.3, -0.25) is 9.59 Å². The lowest BCUT2D eigenvalue weighted by Gasteiger charge is -2.17. The van der Waals surface area contributed by atoms with E-state index >= 15 is 0 Å². The number of allylic oxidation sites excluding steroid dienone is 1. The van der Waals surface area contributed by atoms with Crippen LogP contribution in [0.1, 0.15) is 32.6 Å². The van der Waals surface area contributed by atoms with Crippen LogP contribution in [0.4, 0.5) is 0 Å². The fourth-order valence-corrected chi connectivity index (χ4v) is 1.17. The largest absolute Gasteiger partial charge is 0.391 e. The monoisotopic (exact) mass is 182 g/mol. The standard InChI is InChI=1S/C10H14O3/c1-2-3-4-5-6-7-8-9(11)13-10(8)12/h6-8H,2-5H2,1H3. The minimum atomic E-state index is -0.610. The fourth-order valence-electron chi connectivity index (χ4n) is 1.17. The summed E-state index contributed by atoms with van der Waals surface area (Å²) in [7, 11) is 0. The molecule has 0 radical (unpaired) electrons. The second-order valence-electron chi connectivity index (χ2n) is 3.14. The first-order valence-electron chi connectivity index (χ1n) is 4.68. The third kappa shape index (κ3) is 2.68. The number of carbonyl (C=O) groups excluding carboxylic acids is 2. The maximum Gasteiger partial charge on any atom is 0.331 e. The SMILES string of the molecule is CCCCCC=CC1C(=O)OC1=O. The number of hydrogen-bond acceptors (Lipinski definition) is 3. The van der Waals surface area contributed by atoms with E-state index in [0.29, 0.717) is 0 Å². The van der Waals surface area contributed by atoms with Crippen LogP contribution >= 0.6 is 0 Å². The molecule has 0 aromatic heterocycles. The number of esters is 2. The first-order chi connectivity index (χ1) is 6.25. The molecule has 1 aliphatic rings. The average molecular weight is 182 g/mol. The molecule has 0 amide bonds. The van der Waals surface area contributed by atoms with Crippen LogP contribution in [0.25, 0.3) is 0 Å². The van der Waals surface area contributed by atoms with Crippen LogP contribution in [0.5, 0.6) is 0 Å². The van der Waals surface area contributed by atoms with Crippen molar-refractivity contribution in [1.29, 1.82) is 0 Å². The molecule has 1 aliphatic heterocycles. The molecule has 1 rings (SSSR count). The molecule has 3 heteroatoms. The van der Waals surface area contributed by atoms with Crippen molar-refractivity contribution in [3.63, 3.8) is 0 Å². The number of cyclic esters (lactones) is 2. The Morgan fingerprint density at radius 1 is 1.31 bits per heavy atom. The smallest absolute Gasteiger partial charge is 0.331 e. The first kappa shape index (κ1) is 9.96. The fraction of sp³-hybridized carbons (Fsp3) is 0.600. The highest BCUT2D eigenvalue weighted by atomic mass is 16.6. The Hall–Kier alpha value is -1.12. The Bertz CT molecular complexity index is 216. The Morgan fingerprint density at radius 3 is 2.54 bits per heavy atom. The van der Waals surface area contributed by atoms with Crippen molar-refractivity contribution >= 4 is 11.9 Å². The van der Waals surface area contributed by atoms with Crippen LogP contribution in [0.15, 0.2) is 12.2 Å². The van der Waals surface area contributed by atoms with E-state index in [9.17, 15) is 9.59 Å². The highest BCUT2D eigenvalue weighted by Gasteiger charge is 2.39. The summed E-state index contributed by atoms with van der Waals surface area (Å²) in [4.78, 5) is 21.3. The summed E-state index contributed by atoms with van der Waals surface area (Å²) in [6.07, 6.45) is 7.95. The van der Waals surface area contributed by atoms with Crippen LogP contribution in [-0.2, 0) is 14.3 Å². The summed E-state index contributed by atoms with van der Waals surface area (Å²) in [6.45, 7) is 2.14. The summed E-state index contributed by atoms with van der Waals surface area (Å²) in [5.41, 5.74) is 0. The molecule has 1 fully saturated rings. The van der Waals surface area contributed by atoms with Crippen molar-refractivity contribution in [3.8, 4) is 0 Å². The van der Waals surface area contributed by atoms with Gasteiger partial charge in [-0.2, -0.15) is 0 Å². The second-order valence-corrected chi connectivity index (χ2v) is 3.14. The summed E-state index contributed by atoms with van der Waals surface area (Å²) in [5, 5.41) is 0. The van der Waals surface area contributed by atoms with Crippen molar-refractivity contribution in [2.75, 3.05) is 0 Å². The van der Waals surface area contributed by atoms with E-state index < -0.39 is 17.9 Å². The molecule has 0 atom stereocenters. The van der Waals surface area contributed by atoms with E-state index in [1.54, 1.807) is 6.08 Å². The number of carbonyl (C=O) groups is 2. The van der Waals surface area contributed by atoms with Crippen molar-refractivity contribution in [2.24, 2.45) is 5.92 Å². The van der Waals surface area contributed by atoms with E-state index in [4.69, 9.17) is 0 Å². The first-order valence-corrected chi connectivity index (χ1v) is 4.68. The lowest BCUT2D eigenvalue weighted by atomic mass is 10.0. The summed E-state index contributed by atoms with van der Waals surface area (Å²) < 4.78 is 4.20. The van der Waals surface area contributed by atoms with Gasteiger partial charge in [-0.25, -0.2) is 0 Å². The summed E-state index contributed by atoms with van der Waals surface area (Å²) >= 11 is 0. The zero-order chi connectivity index (χ0) is 9.68. The van der Waals surface area contributed by atoms with Crippen LogP contribution in [0.2, 0.25) is 0 Å². The predicted octanol–water partition coefficient (Wildman–Crippen LogP) is 1.82. The van der Waals surface area contributed by atoms with Crippen molar-refractivity contribution in [3.05, 3.63) is 12.2 Å². The molecule has 0 spiro atoms. The molecule has 3 nitrogen and oxygen atoms in total. The Kier molecular flexibility index (Phi) is 3.68. The van der Waals surface area contributed by atoms with E-state index in [2.05, 4.69) is 11.7 Å². The molecule has 0 aromatic carbocycles. The van der Waals surface area contributed by atoms with E-state index in [0.717, 1.165) is 12.8 Å². The van der Waals surface area contributed by atoms with Gasteiger partial charge in [-0.05, 0) is 12.8 Å². The number of rotatable bonds is 5. The number of ether oxygens (including phenoxy) is 1. The highest BCUT2D eigenvalue weighted by Crippen LogP contribution is 2.16. The van der Waals surface area contributed by atoms with Crippen molar-refractivity contribution < 1.29 is 14.3 Å². The molecule has 0 bridgehead atoms. The lowest BCUT2D eigenvalue weighted by molar-refractivity contribution is -0.180. The number of unbranched alkanes of at least 4 members (excludes halogenated alkanes) is 3. The van der Waals surface area contributed by atoms with E-state index in [-0.39, 0.29) is 0 Å². The van der Waals surface area contributed by atoms with Gasteiger partial charge >= 0.3 is 11.9 Å². The Morgan fingerprint density at radius 2 is 2.00 bits per heavy atom. The van der Waals surface area contributed by atoms with Gasteiger partial charge in [0.2, 0.25) is 0 Å². The van der Waals surface area contributed by atoms with Gasteiger partial charge in [-0.1, -0.05) is 31.9 Å². The number of hydrogen-bond donors (Lipinski definition) is 0. The van der Waals surface area contributed by atoms with Gasteiger partial charge in [0.15, 0.2) is 5.92 Å².